The quantitative estimate of drug-likeness (QED) is 0.739. The number of nitrogens with zero attached hydrogens (tertiary/aromatic N) is 3. The van der Waals surface area contributed by atoms with Crippen molar-refractivity contribution in [2.24, 2.45) is 0 Å². The van der Waals surface area contributed by atoms with Gasteiger partial charge in [0.05, 0.1) is 18.7 Å². The molecule has 0 saturated carbocycles. The molecule has 112 valence electrons. The van der Waals surface area contributed by atoms with E-state index in [0.717, 1.165) is 43.3 Å². The Balaban J connectivity index is 1.44. The van der Waals surface area contributed by atoms with Crippen LogP contribution in [0, 0.1) is 0 Å². The molecule has 4 rings (SSSR count). The number of benzene rings is 1. The molecule has 1 aliphatic heterocycles. The van der Waals surface area contributed by atoms with Gasteiger partial charge in [0.25, 0.3) is 0 Å². The molecule has 3 heterocycles. The maximum atomic E-state index is 5.86. The van der Waals surface area contributed by atoms with Crippen molar-refractivity contribution in [3.63, 3.8) is 0 Å². The van der Waals surface area contributed by atoms with Crippen LogP contribution in [0.25, 0.3) is 11.5 Å². The molecule has 0 N–H and O–H groups in total. The van der Waals surface area contributed by atoms with Crippen LogP contribution in [0.2, 0.25) is 0 Å². The van der Waals surface area contributed by atoms with Gasteiger partial charge in [-0.25, -0.2) is 0 Å². The molecule has 0 amide bonds. The molecule has 1 saturated heterocycles. The second kappa shape index (κ2) is 5.77. The zero-order valence-corrected chi connectivity index (χ0v) is 12.2. The molecular formula is C17H17N3O2. The fraction of sp³-hybridized carbons (Fsp3) is 0.294. The molecule has 0 spiro atoms. The Bertz CT molecular complexity index is 721. The van der Waals surface area contributed by atoms with E-state index in [1.54, 1.807) is 6.26 Å². The van der Waals surface area contributed by atoms with Crippen molar-refractivity contribution in [3.05, 3.63) is 60.4 Å². The van der Waals surface area contributed by atoms with Crippen LogP contribution in [0.1, 0.15) is 24.0 Å². The fourth-order valence-corrected chi connectivity index (χ4v) is 2.90. The van der Waals surface area contributed by atoms with E-state index in [1.807, 2.05) is 42.5 Å². The average molecular weight is 295 g/mol. The topological polar surface area (TPSA) is 55.3 Å². The van der Waals surface area contributed by atoms with E-state index in [4.69, 9.17) is 8.83 Å². The van der Waals surface area contributed by atoms with Crippen molar-refractivity contribution in [2.75, 3.05) is 13.1 Å². The first-order chi connectivity index (χ1) is 10.9. The molecule has 5 heteroatoms. The largest absolute Gasteiger partial charge is 0.468 e. The molecule has 0 unspecified atom stereocenters. The number of hydrogen-bond donors (Lipinski definition) is 0. The zero-order chi connectivity index (χ0) is 14.8. The van der Waals surface area contributed by atoms with Crippen LogP contribution >= 0.6 is 0 Å². The van der Waals surface area contributed by atoms with Gasteiger partial charge in [-0.15, -0.1) is 10.2 Å². The lowest BCUT2D eigenvalue weighted by Gasteiger charge is -2.12. The highest BCUT2D eigenvalue weighted by molar-refractivity contribution is 5.51. The first-order valence-electron chi connectivity index (χ1n) is 7.52. The molecule has 0 aliphatic carbocycles. The molecule has 1 atom stereocenters. The van der Waals surface area contributed by atoms with Crippen LogP contribution in [-0.2, 0) is 6.54 Å². The van der Waals surface area contributed by atoms with Gasteiger partial charge in [-0.3, -0.25) is 4.90 Å². The number of rotatable bonds is 4. The van der Waals surface area contributed by atoms with Gasteiger partial charge in [-0.05, 0) is 37.2 Å². The third-order valence-corrected chi connectivity index (χ3v) is 4.04. The molecule has 5 nitrogen and oxygen atoms in total. The van der Waals surface area contributed by atoms with Gasteiger partial charge in [-0.1, -0.05) is 18.2 Å². The van der Waals surface area contributed by atoms with Crippen molar-refractivity contribution in [2.45, 2.75) is 18.9 Å². The first-order valence-corrected chi connectivity index (χ1v) is 7.52. The zero-order valence-electron chi connectivity index (χ0n) is 12.2. The van der Waals surface area contributed by atoms with E-state index in [0.29, 0.717) is 11.8 Å². The predicted molar refractivity (Wildman–Crippen MR) is 81.1 cm³/mol. The number of furan rings is 1. The van der Waals surface area contributed by atoms with E-state index in [-0.39, 0.29) is 0 Å². The SMILES string of the molecule is c1ccc(-c2nnc([C@H]3CCN(Cc4ccco4)C3)o2)cc1. The molecule has 22 heavy (non-hydrogen) atoms. The van der Waals surface area contributed by atoms with E-state index in [1.165, 1.54) is 0 Å². The number of aromatic nitrogens is 2. The minimum atomic E-state index is 0.305. The van der Waals surface area contributed by atoms with Crippen LogP contribution < -0.4 is 0 Å². The highest BCUT2D eigenvalue weighted by Crippen LogP contribution is 2.29. The molecule has 3 aromatic rings. The Hall–Kier alpha value is -2.40. The maximum Gasteiger partial charge on any atom is 0.247 e. The lowest BCUT2D eigenvalue weighted by Crippen LogP contribution is -2.19. The number of hydrogen-bond acceptors (Lipinski definition) is 5. The lowest BCUT2D eigenvalue weighted by atomic mass is 10.1. The Kier molecular flexibility index (Phi) is 3.48. The van der Waals surface area contributed by atoms with E-state index in [9.17, 15) is 0 Å². The van der Waals surface area contributed by atoms with Crippen molar-refractivity contribution in [1.82, 2.24) is 15.1 Å². The average Bonchev–Trinajstić information content (AvgIpc) is 3.30. The van der Waals surface area contributed by atoms with Gasteiger partial charge < -0.3 is 8.83 Å². The minimum absolute atomic E-state index is 0.305. The third-order valence-electron chi connectivity index (χ3n) is 4.04. The Morgan fingerprint density at radius 2 is 2.00 bits per heavy atom. The number of likely N-dealkylation sites (tertiary alicyclic amines) is 1. The summed E-state index contributed by atoms with van der Waals surface area (Å²) in [5.74, 6) is 2.64. The van der Waals surface area contributed by atoms with Gasteiger partial charge in [0, 0.05) is 12.1 Å². The van der Waals surface area contributed by atoms with Crippen LogP contribution in [0.4, 0.5) is 0 Å². The Morgan fingerprint density at radius 3 is 2.82 bits per heavy atom. The van der Waals surface area contributed by atoms with Crippen molar-refractivity contribution >= 4 is 0 Å². The highest BCUT2D eigenvalue weighted by Gasteiger charge is 2.28. The Morgan fingerprint density at radius 1 is 1.09 bits per heavy atom. The standard InChI is InChI=1S/C17H17N3O2/c1-2-5-13(6-3-1)16-18-19-17(22-16)14-8-9-20(11-14)12-15-7-4-10-21-15/h1-7,10,14H,8-9,11-12H2/t14-/m0/s1. The second-order valence-electron chi connectivity index (χ2n) is 5.61. The summed E-state index contributed by atoms with van der Waals surface area (Å²) >= 11 is 0. The van der Waals surface area contributed by atoms with Crippen LogP contribution in [0.5, 0.6) is 0 Å². The summed E-state index contributed by atoms with van der Waals surface area (Å²) in [5.41, 5.74) is 0.965. The smallest absolute Gasteiger partial charge is 0.247 e. The van der Waals surface area contributed by atoms with E-state index >= 15 is 0 Å². The summed E-state index contributed by atoms with van der Waals surface area (Å²) in [6.45, 7) is 2.79. The van der Waals surface area contributed by atoms with Crippen LogP contribution in [0.3, 0.4) is 0 Å². The van der Waals surface area contributed by atoms with E-state index in [2.05, 4.69) is 15.1 Å². The summed E-state index contributed by atoms with van der Waals surface area (Å²) < 4.78 is 11.3. The predicted octanol–water partition coefficient (Wildman–Crippen LogP) is 3.32. The second-order valence-corrected chi connectivity index (χ2v) is 5.61. The lowest BCUT2D eigenvalue weighted by molar-refractivity contribution is 0.290. The summed E-state index contributed by atoms with van der Waals surface area (Å²) in [6, 6.07) is 13.8. The molecule has 1 aliphatic rings. The van der Waals surface area contributed by atoms with Crippen LogP contribution in [0.15, 0.2) is 57.6 Å². The molecule has 1 fully saturated rings. The summed E-state index contributed by atoms with van der Waals surface area (Å²) in [6.07, 6.45) is 2.75. The van der Waals surface area contributed by atoms with Gasteiger partial charge in [0.1, 0.15) is 5.76 Å². The summed E-state index contributed by atoms with van der Waals surface area (Å²) in [7, 11) is 0. The fourth-order valence-electron chi connectivity index (χ4n) is 2.90. The van der Waals surface area contributed by atoms with Gasteiger partial charge in [-0.2, -0.15) is 0 Å². The van der Waals surface area contributed by atoms with Crippen molar-refractivity contribution in [1.29, 1.82) is 0 Å². The van der Waals surface area contributed by atoms with Crippen molar-refractivity contribution in [3.8, 4) is 11.5 Å². The molecule has 2 aromatic heterocycles. The molecule has 1 aromatic carbocycles. The molecule has 0 radical (unpaired) electrons. The van der Waals surface area contributed by atoms with Gasteiger partial charge in [0.15, 0.2) is 0 Å². The normalized spacial score (nSPS) is 18.8. The first kappa shape index (κ1) is 13.3. The monoisotopic (exact) mass is 295 g/mol. The van der Waals surface area contributed by atoms with Gasteiger partial charge in [0.2, 0.25) is 11.8 Å². The van der Waals surface area contributed by atoms with Gasteiger partial charge >= 0.3 is 0 Å². The molecular weight excluding hydrogens is 278 g/mol. The highest BCUT2D eigenvalue weighted by atomic mass is 16.4. The van der Waals surface area contributed by atoms with E-state index < -0.39 is 0 Å². The Labute approximate surface area is 128 Å². The van der Waals surface area contributed by atoms with Crippen LogP contribution in [-0.4, -0.2) is 28.2 Å². The molecule has 0 bridgehead atoms. The summed E-state index contributed by atoms with van der Waals surface area (Å²) in [5, 5.41) is 8.42. The maximum absolute atomic E-state index is 5.86. The minimum Gasteiger partial charge on any atom is -0.468 e. The third kappa shape index (κ3) is 2.67. The van der Waals surface area contributed by atoms with Crippen molar-refractivity contribution < 1.29 is 8.83 Å². The summed E-state index contributed by atoms with van der Waals surface area (Å²) in [4.78, 5) is 2.36.